The smallest absolute Gasteiger partial charge is 0.301 e. The highest BCUT2D eigenvalue weighted by atomic mass is 16.2. The number of nitrogens with zero attached hydrogens (tertiary/aromatic N) is 6. The molecule has 0 spiro atoms. The zero-order chi connectivity index (χ0) is 18.9. The van der Waals surface area contributed by atoms with E-state index in [4.69, 9.17) is 4.98 Å². The van der Waals surface area contributed by atoms with Gasteiger partial charge in [0, 0.05) is 11.8 Å². The number of imidazole rings is 1. The lowest BCUT2D eigenvalue weighted by Gasteiger charge is -2.04. The quantitative estimate of drug-likeness (QED) is 0.489. The summed E-state index contributed by atoms with van der Waals surface area (Å²) in [5.74, 6) is 0. The zero-order valence-corrected chi connectivity index (χ0v) is 14.9. The van der Waals surface area contributed by atoms with E-state index in [1.165, 1.54) is 9.36 Å². The van der Waals surface area contributed by atoms with Crippen LogP contribution in [0.15, 0.2) is 89.9 Å². The Labute approximate surface area is 160 Å². The standard InChI is InChI=1S/C21H16N6O/c28-21-26(23-24-27(21)17-11-5-2-6-12-17)15-18-20(16-9-3-1-4-10-16)22-19-13-7-8-14-25(18)19/h1-14H,15H2. The summed E-state index contributed by atoms with van der Waals surface area (Å²) in [7, 11) is 0. The predicted octanol–water partition coefficient (Wildman–Crippen LogP) is 2.79. The predicted molar refractivity (Wildman–Crippen MR) is 105 cm³/mol. The Balaban J connectivity index is 1.63. The third kappa shape index (κ3) is 2.69. The number of tetrazole rings is 1. The van der Waals surface area contributed by atoms with Gasteiger partial charge >= 0.3 is 5.69 Å². The summed E-state index contributed by atoms with van der Waals surface area (Å²) in [6.45, 7) is 0.265. The van der Waals surface area contributed by atoms with Gasteiger partial charge in [-0.2, -0.15) is 9.36 Å². The van der Waals surface area contributed by atoms with E-state index in [1.54, 1.807) is 0 Å². The van der Waals surface area contributed by atoms with E-state index < -0.39 is 0 Å². The van der Waals surface area contributed by atoms with Crippen LogP contribution in [0.2, 0.25) is 0 Å². The van der Waals surface area contributed by atoms with Crippen LogP contribution < -0.4 is 5.69 Å². The van der Waals surface area contributed by atoms with Crippen molar-refractivity contribution in [3.8, 4) is 16.9 Å². The summed E-state index contributed by atoms with van der Waals surface area (Å²) in [4.78, 5) is 17.6. The molecule has 7 heteroatoms. The fourth-order valence-electron chi connectivity index (χ4n) is 3.27. The van der Waals surface area contributed by atoms with Crippen molar-refractivity contribution in [3.63, 3.8) is 0 Å². The van der Waals surface area contributed by atoms with Crippen LogP contribution in [0.3, 0.4) is 0 Å². The molecule has 0 saturated heterocycles. The molecule has 0 N–H and O–H groups in total. The first kappa shape index (κ1) is 16.2. The van der Waals surface area contributed by atoms with Crippen molar-refractivity contribution in [1.29, 1.82) is 0 Å². The summed E-state index contributed by atoms with van der Waals surface area (Å²) < 4.78 is 4.64. The van der Waals surface area contributed by atoms with Gasteiger partial charge in [-0.25, -0.2) is 9.78 Å². The second kappa shape index (κ2) is 6.62. The Morgan fingerprint density at radius 3 is 2.29 bits per heavy atom. The molecule has 2 aromatic carbocycles. The van der Waals surface area contributed by atoms with Crippen molar-refractivity contribution < 1.29 is 0 Å². The molecule has 0 aliphatic carbocycles. The average molecular weight is 368 g/mol. The average Bonchev–Trinajstić information content (AvgIpc) is 3.31. The van der Waals surface area contributed by atoms with Gasteiger partial charge in [0.2, 0.25) is 0 Å². The first-order valence-electron chi connectivity index (χ1n) is 8.91. The molecule has 3 heterocycles. The highest BCUT2D eigenvalue weighted by Gasteiger charge is 2.17. The molecule has 3 aromatic heterocycles. The Bertz CT molecular complexity index is 1300. The Morgan fingerprint density at radius 2 is 1.50 bits per heavy atom. The van der Waals surface area contributed by atoms with E-state index in [9.17, 15) is 4.79 Å². The highest BCUT2D eigenvalue weighted by molar-refractivity contribution is 5.66. The van der Waals surface area contributed by atoms with Crippen molar-refractivity contribution in [2.24, 2.45) is 0 Å². The third-order valence-electron chi connectivity index (χ3n) is 4.62. The molecule has 5 rings (SSSR count). The Kier molecular flexibility index (Phi) is 3.83. The SMILES string of the molecule is O=c1n(Cc2c(-c3ccccc3)nc3ccccn23)nnn1-c1ccccc1. The van der Waals surface area contributed by atoms with Crippen LogP contribution in [-0.4, -0.2) is 29.2 Å². The molecule has 0 saturated carbocycles. The van der Waals surface area contributed by atoms with Gasteiger partial charge in [0.05, 0.1) is 23.6 Å². The van der Waals surface area contributed by atoms with Gasteiger partial charge in [-0.15, -0.1) is 0 Å². The molecule has 0 amide bonds. The van der Waals surface area contributed by atoms with Gasteiger partial charge in [-0.3, -0.25) is 0 Å². The normalized spacial score (nSPS) is 11.1. The molecule has 7 nitrogen and oxygen atoms in total. The van der Waals surface area contributed by atoms with E-state index in [2.05, 4.69) is 10.4 Å². The minimum atomic E-state index is -0.295. The summed E-state index contributed by atoms with van der Waals surface area (Å²) in [5.41, 5.74) is 3.90. The molecular formula is C21H16N6O. The van der Waals surface area contributed by atoms with Gasteiger partial charge in [-0.1, -0.05) is 54.6 Å². The fourth-order valence-corrected chi connectivity index (χ4v) is 3.27. The van der Waals surface area contributed by atoms with Crippen LogP contribution in [0.5, 0.6) is 0 Å². The summed E-state index contributed by atoms with van der Waals surface area (Å²) in [6, 6.07) is 25.0. The van der Waals surface area contributed by atoms with Crippen molar-refractivity contribution in [3.05, 3.63) is 101 Å². The molecule has 136 valence electrons. The van der Waals surface area contributed by atoms with E-state index in [-0.39, 0.29) is 12.2 Å². The summed E-state index contributed by atoms with van der Waals surface area (Å²) >= 11 is 0. The van der Waals surface area contributed by atoms with E-state index in [0.29, 0.717) is 5.69 Å². The number of benzene rings is 2. The minimum Gasteiger partial charge on any atom is -0.301 e. The maximum Gasteiger partial charge on any atom is 0.368 e. The van der Waals surface area contributed by atoms with Crippen LogP contribution in [0.1, 0.15) is 5.69 Å². The van der Waals surface area contributed by atoms with E-state index >= 15 is 0 Å². The van der Waals surface area contributed by atoms with Crippen LogP contribution in [0, 0.1) is 0 Å². The lowest BCUT2D eigenvalue weighted by atomic mass is 10.1. The first-order chi connectivity index (χ1) is 13.8. The first-order valence-corrected chi connectivity index (χ1v) is 8.91. The topological polar surface area (TPSA) is 70.0 Å². The molecule has 0 fully saturated rings. The van der Waals surface area contributed by atoms with Gasteiger partial charge in [0.15, 0.2) is 0 Å². The number of fused-ring (bicyclic) bond motifs is 1. The van der Waals surface area contributed by atoms with Crippen molar-refractivity contribution in [2.45, 2.75) is 6.54 Å². The summed E-state index contributed by atoms with van der Waals surface area (Å²) in [6.07, 6.45) is 1.94. The number of hydrogen-bond donors (Lipinski definition) is 0. The number of rotatable bonds is 4. The largest absolute Gasteiger partial charge is 0.368 e. The molecule has 5 aromatic rings. The van der Waals surface area contributed by atoms with Crippen molar-refractivity contribution in [1.82, 2.24) is 29.2 Å². The van der Waals surface area contributed by atoms with Gasteiger partial charge in [-0.05, 0) is 34.7 Å². The highest BCUT2D eigenvalue weighted by Crippen LogP contribution is 2.24. The van der Waals surface area contributed by atoms with Gasteiger partial charge in [0.1, 0.15) is 5.65 Å². The second-order valence-electron chi connectivity index (χ2n) is 6.37. The van der Waals surface area contributed by atoms with Gasteiger partial charge in [0.25, 0.3) is 0 Å². The zero-order valence-electron chi connectivity index (χ0n) is 14.9. The second-order valence-corrected chi connectivity index (χ2v) is 6.37. The Hall–Kier alpha value is -4.00. The van der Waals surface area contributed by atoms with Crippen molar-refractivity contribution >= 4 is 5.65 Å². The van der Waals surface area contributed by atoms with Crippen LogP contribution in [0.25, 0.3) is 22.6 Å². The molecular weight excluding hydrogens is 352 g/mol. The molecule has 0 aliphatic rings. The number of aromatic nitrogens is 6. The third-order valence-corrected chi connectivity index (χ3v) is 4.62. The maximum atomic E-state index is 12.9. The summed E-state index contributed by atoms with van der Waals surface area (Å²) in [5, 5.41) is 8.12. The lowest BCUT2D eigenvalue weighted by molar-refractivity contribution is 0.619. The van der Waals surface area contributed by atoms with Crippen LogP contribution in [-0.2, 0) is 6.54 Å². The molecule has 0 radical (unpaired) electrons. The van der Waals surface area contributed by atoms with Crippen molar-refractivity contribution in [2.75, 3.05) is 0 Å². The molecule has 0 aliphatic heterocycles. The molecule has 0 atom stereocenters. The monoisotopic (exact) mass is 368 g/mol. The minimum absolute atomic E-state index is 0.265. The Morgan fingerprint density at radius 1 is 0.786 bits per heavy atom. The lowest BCUT2D eigenvalue weighted by Crippen LogP contribution is -2.25. The maximum absolute atomic E-state index is 12.9. The molecule has 0 unspecified atom stereocenters. The number of hydrogen-bond acceptors (Lipinski definition) is 4. The van der Waals surface area contributed by atoms with Crippen LogP contribution in [0.4, 0.5) is 0 Å². The van der Waals surface area contributed by atoms with E-state index in [0.717, 1.165) is 22.6 Å². The number of pyridine rings is 1. The van der Waals surface area contributed by atoms with E-state index in [1.807, 2.05) is 89.5 Å². The number of para-hydroxylation sites is 1. The molecule has 28 heavy (non-hydrogen) atoms. The fraction of sp³-hybridized carbons (Fsp3) is 0.0476. The van der Waals surface area contributed by atoms with Gasteiger partial charge < -0.3 is 4.40 Å². The molecule has 0 bridgehead atoms. The van der Waals surface area contributed by atoms with Crippen LogP contribution >= 0.6 is 0 Å².